The van der Waals surface area contributed by atoms with Crippen molar-refractivity contribution in [2.75, 3.05) is 6.54 Å². The second kappa shape index (κ2) is 6.73. The van der Waals surface area contributed by atoms with E-state index in [0.29, 0.717) is 35.6 Å². The second-order valence-corrected chi connectivity index (χ2v) is 8.08. The van der Waals surface area contributed by atoms with E-state index in [1.165, 1.54) is 24.4 Å². The van der Waals surface area contributed by atoms with Crippen LogP contribution in [0.4, 0.5) is 8.78 Å². The minimum absolute atomic E-state index is 0.0281. The molecule has 0 saturated carbocycles. The monoisotopic (exact) mass is 426 g/mol. The smallest absolute Gasteiger partial charge is 0.292 e. The molecule has 0 aliphatic carbocycles. The summed E-state index contributed by atoms with van der Waals surface area (Å²) < 4.78 is 35.3. The Morgan fingerprint density at radius 2 is 2.16 bits per heavy atom. The van der Waals surface area contributed by atoms with Gasteiger partial charge in [0.25, 0.3) is 5.91 Å². The van der Waals surface area contributed by atoms with Crippen molar-refractivity contribution in [2.24, 2.45) is 0 Å². The Balaban J connectivity index is 1.61. The number of aryl methyl sites for hydroxylation is 1. The molecule has 10 heteroatoms. The highest BCUT2D eigenvalue weighted by molar-refractivity contribution is 5.93. The average Bonchev–Trinajstić information content (AvgIpc) is 3.44. The average molecular weight is 426 g/mol. The lowest BCUT2D eigenvalue weighted by Crippen LogP contribution is -2.41. The van der Waals surface area contributed by atoms with E-state index < -0.39 is 23.6 Å². The van der Waals surface area contributed by atoms with Gasteiger partial charge in [-0.25, -0.2) is 18.9 Å². The molecule has 160 valence electrons. The first-order valence-corrected chi connectivity index (χ1v) is 9.88. The molecule has 1 atom stereocenters. The van der Waals surface area contributed by atoms with Crippen molar-refractivity contribution in [1.82, 2.24) is 29.5 Å². The quantitative estimate of drug-likeness (QED) is 0.507. The van der Waals surface area contributed by atoms with E-state index in [4.69, 9.17) is 4.42 Å². The van der Waals surface area contributed by atoms with Gasteiger partial charge in [-0.1, -0.05) is 6.07 Å². The third-order valence-electron chi connectivity index (χ3n) is 5.42. The molecule has 0 spiro atoms. The number of aromatic nitrogens is 5. The minimum Gasteiger partial charge on any atom is -0.432 e. The third kappa shape index (κ3) is 3.09. The van der Waals surface area contributed by atoms with Crippen LogP contribution in [0.25, 0.3) is 5.52 Å². The highest BCUT2D eigenvalue weighted by Gasteiger charge is 2.39. The lowest BCUT2D eigenvalue weighted by molar-refractivity contribution is 0.0642. The number of imidazole rings is 1. The maximum atomic E-state index is 14.3. The lowest BCUT2D eigenvalue weighted by Gasteiger charge is -2.33. The Morgan fingerprint density at radius 1 is 1.35 bits per heavy atom. The van der Waals surface area contributed by atoms with Gasteiger partial charge in [0.05, 0.1) is 28.9 Å². The van der Waals surface area contributed by atoms with Gasteiger partial charge in [0.15, 0.2) is 5.67 Å². The summed E-state index contributed by atoms with van der Waals surface area (Å²) >= 11 is 0. The molecule has 1 N–H and O–H groups in total. The van der Waals surface area contributed by atoms with Crippen LogP contribution in [-0.4, -0.2) is 41.9 Å². The Kier molecular flexibility index (Phi) is 4.21. The molecule has 31 heavy (non-hydrogen) atoms. The summed E-state index contributed by atoms with van der Waals surface area (Å²) in [6.45, 7) is 4.59. The second-order valence-electron chi connectivity index (χ2n) is 8.08. The lowest BCUT2D eigenvalue weighted by atomic mass is 9.99. The number of carbonyl (C=O) groups is 1. The van der Waals surface area contributed by atoms with Crippen LogP contribution in [0.3, 0.4) is 0 Å². The van der Waals surface area contributed by atoms with Crippen LogP contribution in [0.1, 0.15) is 59.1 Å². The van der Waals surface area contributed by atoms with Crippen LogP contribution in [0.15, 0.2) is 35.0 Å². The van der Waals surface area contributed by atoms with Crippen LogP contribution in [0.2, 0.25) is 0 Å². The summed E-state index contributed by atoms with van der Waals surface area (Å²) in [4.78, 5) is 26.6. The number of hydrogen-bond acceptors (Lipinski definition) is 5. The van der Waals surface area contributed by atoms with Crippen LogP contribution in [0.5, 0.6) is 0 Å². The molecule has 4 aromatic heterocycles. The number of nitrogens with one attached hydrogen (secondary N) is 1. The van der Waals surface area contributed by atoms with Crippen LogP contribution < -0.4 is 0 Å². The number of amides is 1. The summed E-state index contributed by atoms with van der Waals surface area (Å²) in [6, 6.07) is 5.70. The zero-order chi connectivity index (χ0) is 21.9. The zero-order valence-electron chi connectivity index (χ0n) is 17.2. The van der Waals surface area contributed by atoms with E-state index in [9.17, 15) is 13.6 Å². The molecule has 0 bridgehead atoms. The van der Waals surface area contributed by atoms with Gasteiger partial charge >= 0.3 is 0 Å². The number of carbonyl (C=O) groups excluding carboxylic acids is 1. The van der Waals surface area contributed by atoms with Crippen molar-refractivity contribution in [2.45, 2.75) is 38.9 Å². The summed E-state index contributed by atoms with van der Waals surface area (Å²) in [5.74, 6) is -1.14. The van der Waals surface area contributed by atoms with Gasteiger partial charge in [0, 0.05) is 18.7 Å². The summed E-state index contributed by atoms with van der Waals surface area (Å²) in [6.07, 6.45) is 2.11. The Bertz CT molecular complexity index is 1300. The highest BCUT2D eigenvalue weighted by atomic mass is 19.1. The number of fused-ring (bicyclic) bond motifs is 2. The summed E-state index contributed by atoms with van der Waals surface area (Å²) in [5.41, 5.74) is 1.02. The van der Waals surface area contributed by atoms with E-state index >= 15 is 0 Å². The molecule has 1 amide bonds. The molecular weight excluding hydrogens is 406 g/mol. The Labute approximate surface area is 175 Å². The van der Waals surface area contributed by atoms with Crippen LogP contribution in [0, 0.1) is 12.9 Å². The van der Waals surface area contributed by atoms with E-state index in [1.54, 1.807) is 36.4 Å². The molecule has 0 radical (unpaired) electrons. The van der Waals surface area contributed by atoms with Crippen molar-refractivity contribution >= 4 is 11.4 Å². The molecule has 0 unspecified atom stereocenters. The minimum atomic E-state index is -1.82. The molecule has 4 aromatic rings. The van der Waals surface area contributed by atoms with Crippen LogP contribution in [-0.2, 0) is 12.1 Å². The standard InChI is InChI=1S/C21H20F2N6O2/c1-11-18(31-20(26-11)21(2,3)23)19(30)28-8-7-13-16(25-10-24-13)17(28)14-9-12-5-4-6-15(22)29(12)27-14/h4-6,9-10,17H,7-8H2,1-3H3,(H,24,25)/t17-/m1/s1. The number of rotatable bonds is 3. The van der Waals surface area contributed by atoms with E-state index in [-0.39, 0.29) is 11.7 Å². The first kappa shape index (κ1) is 19.4. The predicted octanol–water partition coefficient (Wildman–Crippen LogP) is 3.49. The van der Waals surface area contributed by atoms with Crippen molar-refractivity contribution in [3.63, 3.8) is 0 Å². The summed E-state index contributed by atoms with van der Waals surface area (Å²) in [7, 11) is 0. The van der Waals surface area contributed by atoms with Gasteiger partial charge in [0.2, 0.25) is 17.6 Å². The number of oxazole rings is 1. The van der Waals surface area contributed by atoms with Crippen molar-refractivity contribution in [1.29, 1.82) is 0 Å². The molecule has 5 heterocycles. The van der Waals surface area contributed by atoms with Gasteiger partial charge < -0.3 is 14.3 Å². The van der Waals surface area contributed by atoms with Gasteiger partial charge in [-0.15, -0.1) is 0 Å². The SMILES string of the molecule is Cc1nc(C(C)(C)F)oc1C(=O)N1CCc2[nH]cnc2[C@H]1c1cc2cccc(F)n2n1. The van der Waals surface area contributed by atoms with Gasteiger partial charge in [-0.05, 0) is 39.0 Å². The molecule has 0 saturated heterocycles. The zero-order valence-corrected chi connectivity index (χ0v) is 17.2. The Morgan fingerprint density at radius 3 is 2.87 bits per heavy atom. The molecule has 5 rings (SSSR count). The predicted molar refractivity (Wildman–Crippen MR) is 106 cm³/mol. The van der Waals surface area contributed by atoms with E-state index in [0.717, 1.165) is 5.69 Å². The number of H-pyrrole nitrogens is 1. The maximum absolute atomic E-state index is 14.3. The number of pyridine rings is 1. The summed E-state index contributed by atoms with van der Waals surface area (Å²) in [5, 5.41) is 4.40. The topological polar surface area (TPSA) is 92.3 Å². The number of hydrogen-bond donors (Lipinski definition) is 1. The molecule has 1 aliphatic rings. The number of halogens is 2. The first-order valence-electron chi connectivity index (χ1n) is 9.88. The number of alkyl halides is 1. The van der Waals surface area contributed by atoms with Gasteiger partial charge in [-0.2, -0.15) is 9.49 Å². The fourth-order valence-electron chi connectivity index (χ4n) is 3.91. The highest BCUT2D eigenvalue weighted by Crippen LogP contribution is 2.35. The normalized spacial score (nSPS) is 16.7. The third-order valence-corrected chi connectivity index (χ3v) is 5.42. The molecule has 8 nitrogen and oxygen atoms in total. The van der Waals surface area contributed by atoms with Crippen molar-refractivity contribution in [3.05, 3.63) is 71.0 Å². The fraction of sp³-hybridized carbons (Fsp3) is 0.333. The maximum Gasteiger partial charge on any atom is 0.292 e. The fourth-order valence-corrected chi connectivity index (χ4v) is 3.91. The molecule has 1 aliphatic heterocycles. The van der Waals surface area contributed by atoms with Gasteiger partial charge in [-0.3, -0.25) is 4.79 Å². The van der Waals surface area contributed by atoms with Crippen LogP contribution >= 0.6 is 0 Å². The Hall–Kier alpha value is -3.56. The van der Waals surface area contributed by atoms with E-state index in [1.807, 2.05) is 0 Å². The first-order chi connectivity index (χ1) is 14.7. The van der Waals surface area contributed by atoms with E-state index in [2.05, 4.69) is 20.1 Å². The number of aromatic amines is 1. The van der Waals surface area contributed by atoms with Gasteiger partial charge in [0.1, 0.15) is 6.04 Å². The largest absolute Gasteiger partial charge is 0.432 e. The van der Waals surface area contributed by atoms with Crippen molar-refractivity contribution in [3.8, 4) is 0 Å². The molecular formula is C21H20F2N6O2. The molecule has 0 fully saturated rings. The molecule has 0 aromatic carbocycles. The van der Waals surface area contributed by atoms with Crippen molar-refractivity contribution < 1.29 is 18.0 Å². The number of nitrogens with zero attached hydrogens (tertiary/aromatic N) is 5.